The maximum atomic E-state index is 12.8. The summed E-state index contributed by atoms with van der Waals surface area (Å²) < 4.78 is 59.7. The van der Waals surface area contributed by atoms with Crippen molar-refractivity contribution >= 4 is 5.69 Å². The number of aromatic nitrogens is 2. The van der Waals surface area contributed by atoms with E-state index in [-0.39, 0.29) is 12.6 Å². The zero-order valence-corrected chi connectivity index (χ0v) is 13.1. The van der Waals surface area contributed by atoms with Gasteiger partial charge in [0.1, 0.15) is 12.6 Å². The monoisotopic (exact) mass is 347 g/mol. The minimum Gasteiger partial charge on any atom is -0.423 e. The van der Waals surface area contributed by atoms with Crippen molar-refractivity contribution < 1.29 is 26.7 Å². The molecule has 1 heterocycles. The van der Waals surface area contributed by atoms with Crippen LogP contribution in [-0.4, -0.2) is 29.2 Å². The molecule has 0 aliphatic rings. The van der Waals surface area contributed by atoms with E-state index in [1.807, 2.05) is 6.92 Å². The van der Waals surface area contributed by atoms with Crippen LogP contribution in [0.5, 0.6) is 0 Å². The van der Waals surface area contributed by atoms with E-state index in [2.05, 4.69) is 15.5 Å². The second-order valence-electron chi connectivity index (χ2n) is 5.28. The van der Waals surface area contributed by atoms with Crippen LogP contribution >= 0.6 is 0 Å². The van der Waals surface area contributed by atoms with Gasteiger partial charge in [-0.15, -0.1) is 10.2 Å². The lowest BCUT2D eigenvalue weighted by atomic mass is 10.2. The van der Waals surface area contributed by atoms with Gasteiger partial charge in [0.25, 0.3) is 0 Å². The van der Waals surface area contributed by atoms with Crippen LogP contribution in [0.4, 0.5) is 23.2 Å². The molecule has 24 heavy (non-hydrogen) atoms. The molecule has 0 spiro atoms. The molecule has 5 nitrogen and oxygen atoms in total. The summed E-state index contributed by atoms with van der Waals surface area (Å²) in [4.78, 5) is 0. The van der Waals surface area contributed by atoms with Gasteiger partial charge >= 0.3 is 12.3 Å². The first-order valence-corrected chi connectivity index (χ1v) is 7.17. The molecule has 0 saturated heterocycles. The van der Waals surface area contributed by atoms with Crippen LogP contribution < -0.4 is 5.32 Å². The topological polar surface area (TPSA) is 60.2 Å². The first-order chi connectivity index (χ1) is 11.3. The molecule has 2 aromatic rings. The minimum absolute atomic E-state index is 0.203. The predicted octanol–water partition coefficient (Wildman–Crippen LogP) is 3.97. The van der Waals surface area contributed by atoms with E-state index in [1.165, 1.54) is 0 Å². The molecule has 9 heteroatoms. The summed E-state index contributed by atoms with van der Waals surface area (Å²) in [6.45, 7) is 1.96. The van der Waals surface area contributed by atoms with Gasteiger partial charge < -0.3 is 14.5 Å². The van der Waals surface area contributed by atoms with Crippen LogP contribution in [-0.2, 0) is 11.3 Å². The molecule has 1 N–H and O–H groups in total. The van der Waals surface area contributed by atoms with E-state index in [1.54, 1.807) is 31.2 Å². The Hall–Kier alpha value is -2.16. The van der Waals surface area contributed by atoms with Crippen molar-refractivity contribution in [3.8, 4) is 0 Å². The fraction of sp³-hybridized carbons (Fsp3) is 0.467. The number of alkyl halides is 4. The van der Waals surface area contributed by atoms with E-state index in [4.69, 9.17) is 9.15 Å². The molecule has 0 radical (unpaired) electrons. The molecule has 1 aromatic carbocycles. The van der Waals surface area contributed by atoms with Gasteiger partial charge in [0.15, 0.2) is 0 Å². The van der Waals surface area contributed by atoms with E-state index in [0.29, 0.717) is 23.0 Å². The molecule has 132 valence electrons. The third-order valence-corrected chi connectivity index (χ3v) is 3.10. The number of nitrogens with zero attached hydrogens (tertiary/aromatic N) is 2. The van der Waals surface area contributed by atoms with Crippen LogP contribution in [0, 0.1) is 6.92 Å². The van der Waals surface area contributed by atoms with Crippen molar-refractivity contribution in [1.29, 1.82) is 0 Å². The van der Waals surface area contributed by atoms with Crippen molar-refractivity contribution in [3.05, 3.63) is 41.6 Å². The number of anilines is 1. The molecular formula is C15H17F4N3O2. The number of nitrogens with one attached hydrogen (secondary N) is 1. The number of hydrogen-bond donors (Lipinski definition) is 1. The van der Waals surface area contributed by atoms with Gasteiger partial charge in [-0.3, -0.25) is 0 Å². The number of rotatable bonds is 8. The maximum absolute atomic E-state index is 12.8. The van der Waals surface area contributed by atoms with Crippen LogP contribution in [0.15, 0.2) is 28.7 Å². The maximum Gasteiger partial charge on any atom is 0.330 e. The van der Waals surface area contributed by atoms with Crippen LogP contribution in [0.2, 0.25) is 0 Å². The van der Waals surface area contributed by atoms with E-state index in [0.717, 1.165) is 0 Å². The fourth-order valence-corrected chi connectivity index (χ4v) is 1.92. The number of aryl methyl sites for hydroxylation is 1. The Morgan fingerprint density at radius 1 is 1.29 bits per heavy atom. The van der Waals surface area contributed by atoms with Gasteiger partial charge in [0.05, 0.1) is 6.61 Å². The first-order valence-electron chi connectivity index (χ1n) is 7.17. The molecule has 0 aliphatic carbocycles. The minimum atomic E-state index is -4.15. The Morgan fingerprint density at radius 3 is 2.67 bits per heavy atom. The highest BCUT2D eigenvalue weighted by atomic mass is 19.3. The summed E-state index contributed by atoms with van der Waals surface area (Å²) in [5, 5.41) is 10.8. The summed E-state index contributed by atoms with van der Waals surface area (Å²) in [7, 11) is 0. The Bertz CT molecular complexity index is 664. The third kappa shape index (κ3) is 4.92. The van der Waals surface area contributed by atoms with Gasteiger partial charge in [-0.1, -0.05) is 12.1 Å². The van der Waals surface area contributed by atoms with Gasteiger partial charge in [-0.25, -0.2) is 8.78 Å². The zero-order valence-electron chi connectivity index (χ0n) is 13.1. The molecule has 0 unspecified atom stereocenters. The molecule has 0 fully saturated rings. The second kappa shape index (κ2) is 7.61. The third-order valence-electron chi connectivity index (χ3n) is 3.10. The molecule has 0 aliphatic heterocycles. The van der Waals surface area contributed by atoms with Crippen molar-refractivity contribution in [2.45, 2.75) is 38.8 Å². The van der Waals surface area contributed by atoms with E-state index in [9.17, 15) is 17.6 Å². The fourth-order valence-electron chi connectivity index (χ4n) is 1.92. The van der Waals surface area contributed by atoms with Crippen LogP contribution in [0.3, 0.4) is 0 Å². The van der Waals surface area contributed by atoms with E-state index >= 15 is 0 Å². The number of benzene rings is 1. The summed E-state index contributed by atoms with van der Waals surface area (Å²) in [5.41, 5.74) is 1.25. The van der Waals surface area contributed by atoms with Crippen LogP contribution in [0.1, 0.15) is 30.3 Å². The quantitative estimate of drug-likeness (QED) is 0.732. The smallest absolute Gasteiger partial charge is 0.330 e. The zero-order chi connectivity index (χ0) is 17.7. The number of halogens is 4. The molecule has 0 amide bonds. The molecule has 1 aromatic heterocycles. The van der Waals surface area contributed by atoms with Gasteiger partial charge in [-0.2, -0.15) is 8.78 Å². The molecule has 0 saturated carbocycles. The average molecular weight is 347 g/mol. The Balaban J connectivity index is 1.91. The normalized spacial score (nSPS) is 13.3. The standard InChI is InChI=1S/C15H17F4N3O2/c1-9(13-22-21-10(2)24-13)20-12-5-3-4-11(6-12)7-23-8-15(18,19)14(16)17/h3-6,9,14,20H,7-8H2,1-2H3/t9-/m0/s1. The van der Waals surface area contributed by atoms with Gasteiger partial charge in [0.2, 0.25) is 11.8 Å². The van der Waals surface area contributed by atoms with Crippen molar-refractivity contribution in [2.24, 2.45) is 0 Å². The lowest BCUT2D eigenvalue weighted by molar-refractivity contribution is -0.168. The lowest BCUT2D eigenvalue weighted by Gasteiger charge is -2.16. The number of ether oxygens (including phenoxy) is 1. The first kappa shape index (κ1) is 18.2. The molecule has 0 bridgehead atoms. The Labute approximate surface area is 136 Å². The van der Waals surface area contributed by atoms with Crippen molar-refractivity contribution in [1.82, 2.24) is 10.2 Å². The number of hydrogen-bond acceptors (Lipinski definition) is 5. The summed E-state index contributed by atoms with van der Waals surface area (Å²) in [6.07, 6.45) is -3.75. The van der Waals surface area contributed by atoms with Crippen LogP contribution in [0.25, 0.3) is 0 Å². The summed E-state index contributed by atoms with van der Waals surface area (Å²) >= 11 is 0. The Kier molecular flexibility index (Phi) is 5.76. The van der Waals surface area contributed by atoms with Crippen molar-refractivity contribution in [2.75, 3.05) is 11.9 Å². The largest absolute Gasteiger partial charge is 0.423 e. The average Bonchev–Trinajstić information content (AvgIpc) is 2.94. The van der Waals surface area contributed by atoms with Gasteiger partial charge in [-0.05, 0) is 24.6 Å². The summed E-state index contributed by atoms with van der Waals surface area (Å²) in [6, 6.07) is 6.51. The molecule has 1 atom stereocenters. The predicted molar refractivity (Wildman–Crippen MR) is 78.1 cm³/mol. The molecule has 2 rings (SSSR count). The van der Waals surface area contributed by atoms with E-state index < -0.39 is 19.0 Å². The SMILES string of the molecule is Cc1nnc([C@H](C)Nc2cccc(COCC(F)(F)C(F)F)c2)o1. The summed E-state index contributed by atoms with van der Waals surface area (Å²) in [5.74, 6) is -3.30. The van der Waals surface area contributed by atoms with Crippen molar-refractivity contribution in [3.63, 3.8) is 0 Å². The molecular weight excluding hydrogens is 330 g/mol. The van der Waals surface area contributed by atoms with Gasteiger partial charge in [0, 0.05) is 12.6 Å². The highest BCUT2D eigenvalue weighted by Crippen LogP contribution is 2.24. The highest BCUT2D eigenvalue weighted by molar-refractivity contribution is 5.46. The Morgan fingerprint density at radius 2 is 2.04 bits per heavy atom. The highest BCUT2D eigenvalue weighted by Gasteiger charge is 2.40. The second-order valence-corrected chi connectivity index (χ2v) is 5.28. The lowest BCUT2D eigenvalue weighted by Crippen LogP contribution is -2.32.